The number of carbonyl (C=O) groups is 1. The van der Waals surface area contributed by atoms with Gasteiger partial charge in [-0.1, -0.05) is 0 Å². The molecule has 0 saturated heterocycles. The van der Waals surface area contributed by atoms with E-state index in [1.165, 1.54) is 32.7 Å². The molecule has 2 rings (SSSR count). The second kappa shape index (κ2) is 8.04. The minimum absolute atomic E-state index is 0.336. The van der Waals surface area contributed by atoms with Crippen LogP contribution in [0.15, 0.2) is 28.1 Å². The summed E-state index contributed by atoms with van der Waals surface area (Å²) >= 11 is 4.60. The molecule has 0 fully saturated rings. The van der Waals surface area contributed by atoms with E-state index in [1.54, 1.807) is 23.6 Å². The summed E-state index contributed by atoms with van der Waals surface area (Å²) < 4.78 is 16.5. The van der Waals surface area contributed by atoms with Crippen molar-refractivity contribution in [3.63, 3.8) is 0 Å². The smallest absolute Gasteiger partial charge is 0.263 e. The van der Waals surface area contributed by atoms with Crippen LogP contribution in [-0.4, -0.2) is 27.2 Å². The van der Waals surface area contributed by atoms with Crippen LogP contribution in [0.25, 0.3) is 0 Å². The minimum atomic E-state index is -0.861. The molecular formula is C16H15BrN2O4S. The first-order valence-corrected chi connectivity index (χ1v) is 8.46. The molecule has 0 spiro atoms. The van der Waals surface area contributed by atoms with E-state index in [2.05, 4.69) is 27.3 Å². The third-order valence-corrected chi connectivity index (χ3v) is 5.08. The summed E-state index contributed by atoms with van der Waals surface area (Å²) in [6.45, 7) is 0. The van der Waals surface area contributed by atoms with Crippen LogP contribution >= 0.6 is 27.3 Å². The van der Waals surface area contributed by atoms with Crippen LogP contribution in [0.1, 0.15) is 21.3 Å². The van der Waals surface area contributed by atoms with Crippen molar-refractivity contribution in [1.29, 1.82) is 5.26 Å². The molecule has 0 saturated carbocycles. The zero-order chi connectivity index (χ0) is 17.7. The van der Waals surface area contributed by atoms with E-state index >= 15 is 0 Å². The van der Waals surface area contributed by atoms with Crippen molar-refractivity contribution >= 4 is 33.2 Å². The average molecular weight is 411 g/mol. The maximum absolute atomic E-state index is 12.3. The van der Waals surface area contributed by atoms with Crippen molar-refractivity contribution in [1.82, 2.24) is 5.32 Å². The number of amides is 1. The summed E-state index contributed by atoms with van der Waals surface area (Å²) in [6, 6.07) is 6.27. The second-order valence-corrected chi connectivity index (χ2v) is 6.36. The molecule has 1 heterocycles. The highest BCUT2D eigenvalue weighted by molar-refractivity contribution is 9.10. The Labute approximate surface area is 152 Å². The number of halogens is 1. The molecule has 8 heteroatoms. The molecule has 6 nitrogen and oxygen atoms in total. The van der Waals surface area contributed by atoms with Gasteiger partial charge in [-0.05, 0) is 45.1 Å². The van der Waals surface area contributed by atoms with Gasteiger partial charge in [0.05, 0.1) is 27.4 Å². The van der Waals surface area contributed by atoms with Crippen LogP contribution in [0.2, 0.25) is 0 Å². The largest absolute Gasteiger partial charge is 0.493 e. The van der Waals surface area contributed by atoms with E-state index in [0.717, 1.165) is 0 Å². The number of nitrogens with one attached hydrogen (secondary N) is 1. The van der Waals surface area contributed by atoms with Gasteiger partial charge in [0, 0.05) is 4.47 Å². The number of nitrogens with zero attached hydrogens (tertiary/aromatic N) is 1. The van der Waals surface area contributed by atoms with E-state index in [9.17, 15) is 10.1 Å². The molecule has 1 N–H and O–H groups in total. The molecule has 0 aliphatic heterocycles. The Kier molecular flexibility index (Phi) is 6.06. The SMILES string of the molecule is COc1cc(C(C#N)NC(=O)c2sccc2Br)cc(OC)c1OC. The number of ether oxygens (including phenoxy) is 3. The molecular weight excluding hydrogens is 396 g/mol. The summed E-state index contributed by atoms with van der Waals surface area (Å²) in [5, 5.41) is 13.9. The Hall–Kier alpha value is -2.24. The number of carbonyl (C=O) groups excluding carboxylic acids is 1. The number of thiophene rings is 1. The van der Waals surface area contributed by atoms with Gasteiger partial charge in [-0.15, -0.1) is 11.3 Å². The third kappa shape index (κ3) is 3.63. The lowest BCUT2D eigenvalue weighted by Gasteiger charge is -2.17. The number of methoxy groups -OCH3 is 3. The molecule has 1 unspecified atom stereocenters. The quantitative estimate of drug-likeness (QED) is 0.787. The van der Waals surface area contributed by atoms with Gasteiger partial charge in [-0.2, -0.15) is 5.26 Å². The third-order valence-electron chi connectivity index (χ3n) is 3.25. The lowest BCUT2D eigenvalue weighted by Crippen LogP contribution is -2.27. The molecule has 1 aromatic carbocycles. The molecule has 2 aromatic rings. The molecule has 1 amide bonds. The first-order chi connectivity index (χ1) is 11.5. The van der Waals surface area contributed by atoms with Crippen LogP contribution in [-0.2, 0) is 0 Å². The van der Waals surface area contributed by atoms with Gasteiger partial charge in [0.1, 0.15) is 10.9 Å². The molecule has 126 valence electrons. The first kappa shape index (κ1) is 18.1. The van der Waals surface area contributed by atoms with E-state index in [4.69, 9.17) is 14.2 Å². The van der Waals surface area contributed by atoms with Gasteiger partial charge in [0.15, 0.2) is 11.5 Å². The standard InChI is InChI=1S/C16H15BrN2O4S/c1-21-12-6-9(7-13(22-2)14(12)23-3)11(8-18)19-16(20)15-10(17)4-5-24-15/h4-7,11H,1-3H3,(H,19,20). The Morgan fingerprint density at radius 3 is 2.29 bits per heavy atom. The Morgan fingerprint density at radius 2 is 1.88 bits per heavy atom. The Balaban J connectivity index is 2.36. The Morgan fingerprint density at radius 1 is 1.25 bits per heavy atom. The van der Waals surface area contributed by atoms with Crippen molar-refractivity contribution in [3.05, 3.63) is 38.5 Å². The van der Waals surface area contributed by atoms with Crippen molar-refractivity contribution in [3.8, 4) is 23.3 Å². The fraction of sp³-hybridized carbons (Fsp3) is 0.250. The van der Waals surface area contributed by atoms with Crippen molar-refractivity contribution in [2.75, 3.05) is 21.3 Å². The highest BCUT2D eigenvalue weighted by Gasteiger charge is 2.22. The lowest BCUT2D eigenvalue weighted by atomic mass is 10.1. The number of rotatable bonds is 6. The average Bonchev–Trinajstić information content (AvgIpc) is 3.04. The highest BCUT2D eigenvalue weighted by Crippen LogP contribution is 2.39. The van der Waals surface area contributed by atoms with Crippen LogP contribution < -0.4 is 19.5 Å². The maximum atomic E-state index is 12.3. The minimum Gasteiger partial charge on any atom is -0.493 e. The van der Waals surface area contributed by atoms with Gasteiger partial charge in [0.25, 0.3) is 5.91 Å². The first-order valence-electron chi connectivity index (χ1n) is 6.79. The molecule has 0 aliphatic rings. The van der Waals surface area contributed by atoms with E-state index in [1.807, 2.05) is 0 Å². The van der Waals surface area contributed by atoms with Gasteiger partial charge >= 0.3 is 0 Å². The zero-order valence-electron chi connectivity index (χ0n) is 13.3. The molecule has 1 aromatic heterocycles. The predicted molar refractivity (Wildman–Crippen MR) is 93.9 cm³/mol. The summed E-state index contributed by atoms with van der Waals surface area (Å²) in [5.74, 6) is 0.919. The molecule has 0 radical (unpaired) electrons. The summed E-state index contributed by atoms with van der Waals surface area (Å²) in [4.78, 5) is 12.8. The zero-order valence-corrected chi connectivity index (χ0v) is 15.7. The van der Waals surface area contributed by atoms with Crippen LogP contribution in [0, 0.1) is 11.3 Å². The number of nitriles is 1. The van der Waals surface area contributed by atoms with Crippen molar-refractivity contribution in [2.24, 2.45) is 0 Å². The maximum Gasteiger partial charge on any atom is 0.263 e. The molecule has 0 bridgehead atoms. The van der Waals surface area contributed by atoms with Crippen molar-refractivity contribution < 1.29 is 19.0 Å². The Bertz CT molecular complexity index is 760. The van der Waals surface area contributed by atoms with Crippen molar-refractivity contribution in [2.45, 2.75) is 6.04 Å². The van der Waals surface area contributed by atoms with Gasteiger partial charge in [0.2, 0.25) is 5.75 Å². The van der Waals surface area contributed by atoms with E-state index in [0.29, 0.717) is 32.2 Å². The molecule has 24 heavy (non-hydrogen) atoms. The number of benzene rings is 1. The van der Waals surface area contributed by atoms with E-state index in [-0.39, 0.29) is 5.91 Å². The molecule has 0 aliphatic carbocycles. The summed E-state index contributed by atoms with van der Waals surface area (Å²) in [6.07, 6.45) is 0. The normalized spacial score (nSPS) is 11.3. The lowest BCUT2D eigenvalue weighted by molar-refractivity contribution is 0.0948. The number of hydrogen-bond acceptors (Lipinski definition) is 6. The monoisotopic (exact) mass is 410 g/mol. The van der Waals surface area contributed by atoms with Gasteiger partial charge < -0.3 is 19.5 Å². The number of hydrogen-bond donors (Lipinski definition) is 1. The van der Waals surface area contributed by atoms with Crippen LogP contribution in [0.5, 0.6) is 17.2 Å². The topological polar surface area (TPSA) is 80.6 Å². The highest BCUT2D eigenvalue weighted by atomic mass is 79.9. The van der Waals surface area contributed by atoms with Crippen LogP contribution in [0.3, 0.4) is 0 Å². The molecule has 1 atom stereocenters. The second-order valence-electron chi connectivity index (χ2n) is 4.59. The fourth-order valence-corrected chi connectivity index (χ4v) is 3.56. The van der Waals surface area contributed by atoms with Crippen LogP contribution in [0.4, 0.5) is 0 Å². The fourth-order valence-electron chi connectivity index (χ4n) is 2.11. The summed E-state index contributed by atoms with van der Waals surface area (Å²) in [7, 11) is 4.48. The van der Waals surface area contributed by atoms with E-state index < -0.39 is 6.04 Å². The van der Waals surface area contributed by atoms with Gasteiger partial charge in [-0.25, -0.2) is 0 Å². The summed E-state index contributed by atoms with van der Waals surface area (Å²) in [5.41, 5.74) is 0.535. The van der Waals surface area contributed by atoms with Gasteiger partial charge in [-0.3, -0.25) is 4.79 Å². The predicted octanol–water partition coefficient (Wildman–Crippen LogP) is 3.53.